The average Bonchev–Trinajstić information content (AvgIpc) is 3.22. The lowest BCUT2D eigenvalue weighted by Gasteiger charge is -2.17. The van der Waals surface area contributed by atoms with Crippen LogP contribution in [0.1, 0.15) is 52.4 Å². The van der Waals surface area contributed by atoms with Crippen molar-refractivity contribution >= 4 is 11.8 Å². The third-order valence-corrected chi connectivity index (χ3v) is 5.17. The van der Waals surface area contributed by atoms with E-state index in [2.05, 4.69) is 17.4 Å². The Labute approximate surface area is 147 Å². The zero-order chi connectivity index (χ0) is 17.2. The molecule has 1 atom stereocenters. The van der Waals surface area contributed by atoms with Gasteiger partial charge >= 0.3 is 0 Å². The Morgan fingerprint density at radius 2 is 2.00 bits per heavy atom. The van der Waals surface area contributed by atoms with E-state index in [4.69, 9.17) is 0 Å². The van der Waals surface area contributed by atoms with Crippen molar-refractivity contribution in [2.24, 2.45) is 0 Å². The lowest BCUT2D eigenvalue weighted by atomic mass is 10.1. The Hall–Kier alpha value is -2.62. The summed E-state index contributed by atoms with van der Waals surface area (Å²) < 4.78 is 0. The molecule has 25 heavy (non-hydrogen) atoms. The van der Waals surface area contributed by atoms with Crippen LogP contribution in [0.3, 0.4) is 0 Å². The first-order valence-electron chi connectivity index (χ1n) is 8.96. The molecule has 4 rings (SSSR count). The van der Waals surface area contributed by atoms with Gasteiger partial charge in [-0.25, -0.2) is 0 Å². The van der Waals surface area contributed by atoms with Crippen LogP contribution in [0, 0.1) is 0 Å². The number of hydrogen-bond acceptors (Lipinski definition) is 2. The van der Waals surface area contributed by atoms with Gasteiger partial charge in [0, 0.05) is 25.1 Å². The van der Waals surface area contributed by atoms with Gasteiger partial charge in [-0.05, 0) is 48.1 Å². The standard InChI is InChI=1S/C21H22N2O2/c24-20-9-4-12-23(20)14-15-5-3-7-17(13-15)21(25)22-19-11-10-16-6-1-2-8-18(16)19/h1-3,5-8,13,19H,4,9-12,14H2,(H,22,25)/t19-/m0/s1. The highest BCUT2D eigenvalue weighted by Crippen LogP contribution is 2.30. The summed E-state index contributed by atoms with van der Waals surface area (Å²) in [6.45, 7) is 1.40. The predicted molar refractivity (Wildman–Crippen MR) is 96.1 cm³/mol. The maximum atomic E-state index is 12.7. The van der Waals surface area contributed by atoms with Crippen molar-refractivity contribution in [3.8, 4) is 0 Å². The summed E-state index contributed by atoms with van der Waals surface area (Å²) in [6.07, 6.45) is 3.53. The van der Waals surface area contributed by atoms with Crippen LogP contribution in [0.4, 0.5) is 0 Å². The first kappa shape index (κ1) is 15.9. The number of hydrogen-bond donors (Lipinski definition) is 1. The minimum Gasteiger partial charge on any atom is -0.345 e. The van der Waals surface area contributed by atoms with E-state index in [1.165, 1.54) is 11.1 Å². The molecule has 0 saturated carbocycles. The fourth-order valence-corrected chi connectivity index (χ4v) is 3.85. The zero-order valence-electron chi connectivity index (χ0n) is 14.2. The second kappa shape index (κ2) is 6.71. The van der Waals surface area contributed by atoms with Crippen molar-refractivity contribution in [1.82, 2.24) is 10.2 Å². The maximum absolute atomic E-state index is 12.7. The maximum Gasteiger partial charge on any atom is 0.251 e. The molecule has 2 aromatic rings. The number of fused-ring (bicyclic) bond motifs is 1. The van der Waals surface area contributed by atoms with Crippen LogP contribution >= 0.6 is 0 Å². The van der Waals surface area contributed by atoms with Crippen LogP contribution < -0.4 is 5.32 Å². The minimum atomic E-state index is -0.0451. The van der Waals surface area contributed by atoms with Crippen LogP contribution in [0.15, 0.2) is 48.5 Å². The van der Waals surface area contributed by atoms with Gasteiger partial charge in [0.25, 0.3) is 5.91 Å². The number of carbonyl (C=O) groups excluding carboxylic acids is 2. The van der Waals surface area contributed by atoms with Crippen molar-refractivity contribution in [2.75, 3.05) is 6.54 Å². The van der Waals surface area contributed by atoms with Gasteiger partial charge in [-0.15, -0.1) is 0 Å². The third kappa shape index (κ3) is 3.29. The van der Waals surface area contributed by atoms with Crippen molar-refractivity contribution in [1.29, 1.82) is 0 Å². The Bertz CT molecular complexity index is 815. The van der Waals surface area contributed by atoms with E-state index in [-0.39, 0.29) is 17.9 Å². The fourth-order valence-electron chi connectivity index (χ4n) is 3.85. The molecule has 4 nitrogen and oxygen atoms in total. The highest BCUT2D eigenvalue weighted by molar-refractivity contribution is 5.94. The first-order valence-corrected chi connectivity index (χ1v) is 8.96. The Kier molecular flexibility index (Phi) is 4.26. The van der Waals surface area contributed by atoms with Crippen molar-refractivity contribution < 1.29 is 9.59 Å². The summed E-state index contributed by atoms with van der Waals surface area (Å²) in [5.74, 6) is 0.161. The molecule has 0 aromatic heterocycles. The van der Waals surface area contributed by atoms with E-state index in [0.29, 0.717) is 18.5 Å². The molecule has 0 bridgehead atoms. The smallest absolute Gasteiger partial charge is 0.251 e. The Morgan fingerprint density at radius 3 is 2.84 bits per heavy atom. The topological polar surface area (TPSA) is 49.4 Å². The lowest BCUT2D eigenvalue weighted by Crippen LogP contribution is -2.27. The highest BCUT2D eigenvalue weighted by Gasteiger charge is 2.24. The van der Waals surface area contributed by atoms with Crippen LogP contribution in [-0.2, 0) is 17.8 Å². The van der Waals surface area contributed by atoms with E-state index < -0.39 is 0 Å². The average molecular weight is 334 g/mol. The summed E-state index contributed by atoms with van der Waals surface area (Å²) in [5.41, 5.74) is 4.23. The van der Waals surface area contributed by atoms with Gasteiger partial charge in [0.2, 0.25) is 5.91 Å². The number of likely N-dealkylation sites (tertiary alicyclic amines) is 1. The number of carbonyl (C=O) groups is 2. The number of nitrogens with zero attached hydrogens (tertiary/aromatic N) is 1. The van der Waals surface area contributed by atoms with Crippen molar-refractivity contribution in [3.63, 3.8) is 0 Å². The SMILES string of the molecule is O=C(N[C@H]1CCc2ccccc21)c1cccc(CN2CCCC2=O)c1. The predicted octanol–water partition coefficient (Wildman–Crippen LogP) is 3.23. The lowest BCUT2D eigenvalue weighted by molar-refractivity contribution is -0.128. The number of benzene rings is 2. The molecule has 128 valence electrons. The molecule has 1 saturated heterocycles. The summed E-state index contributed by atoms with van der Waals surface area (Å²) in [4.78, 5) is 26.3. The van der Waals surface area contributed by atoms with Crippen LogP contribution in [-0.4, -0.2) is 23.3 Å². The molecule has 2 amide bonds. The number of aryl methyl sites for hydroxylation is 1. The number of rotatable bonds is 4. The number of nitrogens with one attached hydrogen (secondary N) is 1. The van der Waals surface area contributed by atoms with Crippen LogP contribution in [0.2, 0.25) is 0 Å². The second-order valence-electron chi connectivity index (χ2n) is 6.88. The molecule has 1 heterocycles. The van der Waals surface area contributed by atoms with Gasteiger partial charge in [0.05, 0.1) is 6.04 Å². The van der Waals surface area contributed by atoms with Crippen molar-refractivity contribution in [2.45, 2.75) is 38.3 Å². The van der Waals surface area contributed by atoms with Gasteiger partial charge in [0.1, 0.15) is 0 Å². The molecule has 4 heteroatoms. The second-order valence-corrected chi connectivity index (χ2v) is 6.88. The van der Waals surface area contributed by atoms with E-state index in [0.717, 1.165) is 31.4 Å². The molecule has 0 spiro atoms. The van der Waals surface area contributed by atoms with Crippen molar-refractivity contribution in [3.05, 3.63) is 70.8 Å². The Morgan fingerprint density at radius 1 is 1.12 bits per heavy atom. The zero-order valence-corrected chi connectivity index (χ0v) is 14.2. The highest BCUT2D eigenvalue weighted by atomic mass is 16.2. The summed E-state index contributed by atoms with van der Waals surface area (Å²) >= 11 is 0. The molecule has 1 aliphatic heterocycles. The summed E-state index contributed by atoms with van der Waals surface area (Å²) in [5, 5.41) is 3.16. The molecule has 0 radical (unpaired) electrons. The van der Waals surface area contributed by atoms with Crippen LogP contribution in [0.5, 0.6) is 0 Å². The van der Waals surface area contributed by atoms with Crippen LogP contribution in [0.25, 0.3) is 0 Å². The molecule has 1 N–H and O–H groups in total. The minimum absolute atomic E-state index is 0.0451. The van der Waals surface area contributed by atoms with E-state index in [1.54, 1.807) is 0 Å². The monoisotopic (exact) mass is 334 g/mol. The molecule has 1 aliphatic carbocycles. The Balaban J connectivity index is 1.46. The van der Waals surface area contributed by atoms with Gasteiger partial charge in [0.15, 0.2) is 0 Å². The third-order valence-electron chi connectivity index (χ3n) is 5.17. The quantitative estimate of drug-likeness (QED) is 0.933. The van der Waals surface area contributed by atoms with Gasteiger partial charge in [-0.1, -0.05) is 36.4 Å². The van der Waals surface area contributed by atoms with Gasteiger partial charge in [-0.2, -0.15) is 0 Å². The molecular weight excluding hydrogens is 312 g/mol. The first-order chi connectivity index (χ1) is 12.2. The summed E-state index contributed by atoms with van der Waals surface area (Å²) in [7, 11) is 0. The van der Waals surface area contributed by atoms with E-state index in [9.17, 15) is 9.59 Å². The van der Waals surface area contributed by atoms with E-state index in [1.807, 2.05) is 41.3 Å². The van der Waals surface area contributed by atoms with E-state index >= 15 is 0 Å². The normalized spacial score (nSPS) is 19.1. The molecule has 2 aliphatic rings. The molecular formula is C21H22N2O2. The molecule has 2 aromatic carbocycles. The van der Waals surface area contributed by atoms with Gasteiger partial charge < -0.3 is 10.2 Å². The molecule has 1 fully saturated rings. The van der Waals surface area contributed by atoms with Gasteiger partial charge in [-0.3, -0.25) is 9.59 Å². The fraction of sp³-hybridized carbons (Fsp3) is 0.333. The largest absolute Gasteiger partial charge is 0.345 e. The molecule has 0 unspecified atom stereocenters. The number of amides is 2. The summed E-state index contributed by atoms with van der Waals surface area (Å²) in [6, 6.07) is 16.0.